The number of sulfonamides is 1. The van der Waals surface area contributed by atoms with E-state index in [-0.39, 0.29) is 13.0 Å². The molecule has 3 N–H and O–H groups in total. The maximum atomic E-state index is 14.0. The van der Waals surface area contributed by atoms with Crippen molar-refractivity contribution in [1.82, 2.24) is 20.3 Å². The number of halogens is 5. The van der Waals surface area contributed by atoms with Crippen molar-refractivity contribution >= 4 is 33.5 Å². The van der Waals surface area contributed by atoms with Crippen molar-refractivity contribution in [3.8, 4) is 5.75 Å². The Morgan fingerprint density at radius 3 is 2.39 bits per heavy atom. The van der Waals surface area contributed by atoms with Crippen molar-refractivity contribution in [1.29, 1.82) is 0 Å². The van der Waals surface area contributed by atoms with E-state index in [1.165, 1.54) is 13.8 Å². The number of benzene rings is 1. The lowest BCUT2D eigenvalue weighted by atomic mass is 9.88. The minimum absolute atomic E-state index is 0.265. The molecule has 2 aliphatic heterocycles. The van der Waals surface area contributed by atoms with Crippen LogP contribution < -0.4 is 20.1 Å². The number of piperidine rings is 1. The monoisotopic (exact) mass is 654 g/mol. The van der Waals surface area contributed by atoms with Crippen LogP contribution in [0.3, 0.4) is 0 Å². The maximum Gasteiger partial charge on any atom is 0.391 e. The Hall–Kier alpha value is -3.34. The van der Waals surface area contributed by atoms with Crippen molar-refractivity contribution in [2.45, 2.75) is 63.8 Å². The predicted octanol–water partition coefficient (Wildman–Crippen LogP) is 1.67. The molecule has 44 heavy (non-hydrogen) atoms. The first-order valence-corrected chi connectivity index (χ1v) is 15.8. The Kier molecular flexibility index (Phi) is 11.3. The van der Waals surface area contributed by atoms with Crippen LogP contribution in [0.5, 0.6) is 5.75 Å². The fourth-order valence-corrected chi connectivity index (χ4v) is 6.03. The second-order valence-electron chi connectivity index (χ2n) is 11.3. The smallest absolute Gasteiger partial charge is 0.391 e. The van der Waals surface area contributed by atoms with Gasteiger partial charge in [-0.05, 0) is 43.7 Å². The minimum Gasteiger partial charge on any atom is -0.483 e. The van der Waals surface area contributed by atoms with E-state index < -0.39 is 119 Å². The molecular weight excluding hydrogens is 619 g/mol. The standard InChI is InChI=1S/C27H35F5N4O7S/c1-14(2)23(35-44(3,41)42)26(40)36-9-7-16(27(30,31)32)11-20(36)25(39)34-19(10-15-6-8-33-24(15)38)21(37)13-43-22-5-4-17(28)12-18(22)29/h4-5,12,14-16,19-20,23,35H,6-11,13H2,1-3H3,(H,33,38)(H,34,39)/t15-,16-,19-,20+,23-/m0/s1. The van der Waals surface area contributed by atoms with Gasteiger partial charge in [0.05, 0.1) is 18.2 Å². The van der Waals surface area contributed by atoms with Gasteiger partial charge in [0.1, 0.15) is 24.5 Å². The van der Waals surface area contributed by atoms with Gasteiger partial charge in [0.25, 0.3) is 0 Å². The Labute approximate surface area is 251 Å². The fourth-order valence-electron chi connectivity index (χ4n) is 5.19. The lowest BCUT2D eigenvalue weighted by Crippen LogP contribution is -2.61. The third-order valence-electron chi connectivity index (χ3n) is 7.58. The molecule has 1 aromatic carbocycles. The number of hydrogen-bond donors (Lipinski definition) is 3. The first-order chi connectivity index (χ1) is 20.4. The highest BCUT2D eigenvalue weighted by Gasteiger charge is 2.49. The lowest BCUT2D eigenvalue weighted by Gasteiger charge is -2.41. The molecule has 17 heteroatoms. The van der Waals surface area contributed by atoms with Crippen LogP contribution in [0.25, 0.3) is 0 Å². The number of amides is 3. The van der Waals surface area contributed by atoms with Gasteiger partial charge in [-0.3, -0.25) is 19.2 Å². The van der Waals surface area contributed by atoms with E-state index in [0.717, 1.165) is 23.3 Å². The number of Topliss-reactive ketones (excluding diaryl/α,β-unsaturated/α-hetero) is 1. The molecule has 2 heterocycles. The van der Waals surface area contributed by atoms with Crippen LogP contribution in [0.2, 0.25) is 0 Å². The van der Waals surface area contributed by atoms with Crippen LogP contribution in [0.4, 0.5) is 22.0 Å². The van der Waals surface area contributed by atoms with Crippen molar-refractivity contribution in [2.75, 3.05) is 26.0 Å². The Morgan fingerprint density at radius 2 is 1.84 bits per heavy atom. The van der Waals surface area contributed by atoms with Crippen molar-refractivity contribution in [3.05, 3.63) is 29.8 Å². The SMILES string of the molecule is CC(C)[C@H](NS(C)(=O)=O)C(=O)N1CC[C@H](C(F)(F)F)C[C@@H]1C(=O)N[C@@H](C[C@@H]1CCNC1=O)C(=O)COc1ccc(F)cc1F. The first-order valence-electron chi connectivity index (χ1n) is 13.9. The Morgan fingerprint density at radius 1 is 1.16 bits per heavy atom. The molecule has 5 atom stereocenters. The molecule has 3 rings (SSSR count). The molecule has 2 aliphatic rings. The number of nitrogens with one attached hydrogen (secondary N) is 3. The summed E-state index contributed by atoms with van der Waals surface area (Å²) in [5.41, 5.74) is 0. The van der Waals surface area contributed by atoms with Gasteiger partial charge >= 0.3 is 6.18 Å². The highest BCUT2D eigenvalue weighted by atomic mass is 32.2. The second-order valence-corrected chi connectivity index (χ2v) is 13.1. The third kappa shape index (κ3) is 9.33. The molecule has 0 saturated carbocycles. The zero-order valence-electron chi connectivity index (χ0n) is 24.2. The summed E-state index contributed by atoms with van der Waals surface area (Å²) in [4.78, 5) is 53.4. The number of nitrogens with zero attached hydrogens (tertiary/aromatic N) is 1. The van der Waals surface area contributed by atoms with E-state index in [1.807, 2.05) is 0 Å². The Balaban J connectivity index is 1.88. The molecular formula is C27H35F5N4O7S. The van der Waals surface area contributed by atoms with Gasteiger partial charge in [-0.15, -0.1) is 0 Å². The van der Waals surface area contributed by atoms with Crippen LogP contribution in [-0.2, 0) is 29.2 Å². The van der Waals surface area contributed by atoms with Gasteiger partial charge < -0.3 is 20.3 Å². The van der Waals surface area contributed by atoms with Crippen LogP contribution in [0.1, 0.15) is 39.5 Å². The summed E-state index contributed by atoms with van der Waals surface area (Å²) in [6.07, 6.45) is -5.26. The number of ketones is 1. The summed E-state index contributed by atoms with van der Waals surface area (Å²) in [6.45, 7) is 1.96. The summed E-state index contributed by atoms with van der Waals surface area (Å²) in [7, 11) is -3.93. The highest BCUT2D eigenvalue weighted by molar-refractivity contribution is 7.88. The number of carbonyl (C=O) groups excluding carboxylic acids is 4. The number of hydrogen-bond acceptors (Lipinski definition) is 7. The average molecular weight is 655 g/mol. The van der Waals surface area contributed by atoms with E-state index in [1.54, 1.807) is 0 Å². The molecule has 0 unspecified atom stereocenters. The zero-order valence-corrected chi connectivity index (χ0v) is 25.1. The number of rotatable bonds is 12. The summed E-state index contributed by atoms with van der Waals surface area (Å²) in [6, 6.07) is -2.27. The molecule has 2 fully saturated rings. The van der Waals surface area contributed by atoms with Gasteiger partial charge in [-0.25, -0.2) is 21.9 Å². The summed E-state index contributed by atoms with van der Waals surface area (Å²) < 4.78 is 99.7. The van der Waals surface area contributed by atoms with Crippen LogP contribution in [-0.4, -0.2) is 87.1 Å². The van der Waals surface area contributed by atoms with Crippen LogP contribution in [0, 0.1) is 29.4 Å². The number of likely N-dealkylation sites (tertiary alicyclic amines) is 1. The molecule has 0 aromatic heterocycles. The predicted molar refractivity (Wildman–Crippen MR) is 145 cm³/mol. The van der Waals surface area contributed by atoms with E-state index >= 15 is 0 Å². The molecule has 0 bridgehead atoms. The summed E-state index contributed by atoms with van der Waals surface area (Å²) >= 11 is 0. The van der Waals surface area contributed by atoms with Crippen molar-refractivity contribution < 1.29 is 54.3 Å². The molecule has 246 valence electrons. The molecule has 11 nitrogen and oxygen atoms in total. The van der Waals surface area contributed by atoms with Gasteiger partial charge in [0.2, 0.25) is 27.7 Å². The minimum atomic E-state index is -4.71. The van der Waals surface area contributed by atoms with E-state index in [9.17, 15) is 49.5 Å². The maximum absolute atomic E-state index is 14.0. The van der Waals surface area contributed by atoms with Gasteiger partial charge in [0.15, 0.2) is 17.3 Å². The number of alkyl halides is 3. The van der Waals surface area contributed by atoms with Crippen molar-refractivity contribution in [3.63, 3.8) is 0 Å². The lowest BCUT2D eigenvalue weighted by molar-refractivity contribution is -0.192. The molecule has 0 spiro atoms. The molecule has 1 aromatic rings. The quantitative estimate of drug-likeness (QED) is 0.290. The second kappa shape index (κ2) is 14.2. The molecule has 3 amide bonds. The first kappa shape index (κ1) is 35.1. The van der Waals surface area contributed by atoms with E-state index in [0.29, 0.717) is 12.5 Å². The van der Waals surface area contributed by atoms with Gasteiger partial charge in [-0.1, -0.05) is 13.8 Å². The van der Waals surface area contributed by atoms with Gasteiger partial charge in [-0.2, -0.15) is 13.2 Å². The van der Waals surface area contributed by atoms with Gasteiger partial charge in [0, 0.05) is 25.1 Å². The highest BCUT2D eigenvalue weighted by Crippen LogP contribution is 2.37. The number of carbonyl (C=O) groups is 4. The van der Waals surface area contributed by atoms with Crippen molar-refractivity contribution in [2.24, 2.45) is 17.8 Å². The zero-order chi connectivity index (χ0) is 33.0. The average Bonchev–Trinajstić information content (AvgIpc) is 3.32. The molecule has 0 aliphatic carbocycles. The molecule has 0 radical (unpaired) electrons. The van der Waals surface area contributed by atoms with E-state index in [4.69, 9.17) is 4.74 Å². The fraction of sp³-hybridized carbons (Fsp3) is 0.630. The third-order valence-corrected chi connectivity index (χ3v) is 8.26. The largest absolute Gasteiger partial charge is 0.483 e. The number of ether oxygens (including phenoxy) is 1. The molecule has 2 saturated heterocycles. The summed E-state index contributed by atoms with van der Waals surface area (Å²) in [5.74, 6) is -9.15. The van der Waals surface area contributed by atoms with Crippen LogP contribution >= 0.6 is 0 Å². The normalized spacial score (nSPS) is 22.3. The Bertz CT molecular complexity index is 1360. The van der Waals surface area contributed by atoms with Crippen LogP contribution in [0.15, 0.2) is 18.2 Å². The summed E-state index contributed by atoms with van der Waals surface area (Å²) in [5, 5.41) is 4.94. The topological polar surface area (TPSA) is 151 Å². The van der Waals surface area contributed by atoms with E-state index in [2.05, 4.69) is 15.4 Å².